The number of nitrogens with zero attached hydrogens (tertiary/aromatic N) is 1. The van der Waals surface area contributed by atoms with Gasteiger partial charge >= 0.3 is 7.12 Å². The minimum Gasteiger partial charge on any atom is -0.484 e. The van der Waals surface area contributed by atoms with Gasteiger partial charge < -0.3 is 19.8 Å². The Labute approximate surface area is 190 Å². The summed E-state index contributed by atoms with van der Waals surface area (Å²) in [5.41, 5.74) is 4.78. The van der Waals surface area contributed by atoms with E-state index < -0.39 is 41.4 Å². The number of amides is 1. The number of ether oxygens (including phenoxy) is 1. The Bertz CT molecular complexity index is 1020. The minimum absolute atomic E-state index is 0.0419. The molecular weight excluding hydrogens is 437 g/mol. The molecule has 32 heavy (non-hydrogen) atoms. The highest BCUT2D eigenvalue weighted by molar-refractivity contribution is 8.14. The van der Waals surface area contributed by atoms with E-state index in [4.69, 9.17) is 19.8 Å². The molecule has 2 aliphatic heterocycles. The number of rotatable bonds is 7. The van der Waals surface area contributed by atoms with Gasteiger partial charge in [-0.1, -0.05) is 18.7 Å². The summed E-state index contributed by atoms with van der Waals surface area (Å²) < 4.78 is 45.6. The number of aliphatic imine (C=N–C) groups is 1. The molecule has 0 aromatic heterocycles. The summed E-state index contributed by atoms with van der Waals surface area (Å²) in [6, 6.07) is 2.04. The van der Waals surface area contributed by atoms with Crippen LogP contribution < -0.4 is 10.5 Å². The van der Waals surface area contributed by atoms with E-state index in [2.05, 4.69) is 11.6 Å². The Morgan fingerprint density at radius 1 is 1.31 bits per heavy atom. The average molecular weight is 462 g/mol. The van der Waals surface area contributed by atoms with Crippen molar-refractivity contribution in [1.29, 1.82) is 0 Å². The Kier molecular flexibility index (Phi) is 6.97. The van der Waals surface area contributed by atoms with Crippen molar-refractivity contribution in [1.82, 2.24) is 0 Å². The molecule has 6 nitrogen and oxygen atoms in total. The van der Waals surface area contributed by atoms with Crippen LogP contribution >= 0.6 is 11.8 Å². The number of allylic oxidation sites excluding steroid dienone is 4. The number of hydrogen-bond acceptors (Lipinski definition) is 6. The largest absolute Gasteiger partial charge is 0.494 e. The van der Waals surface area contributed by atoms with Crippen LogP contribution in [0, 0.1) is 11.6 Å². The van der Waals surface area contributed by atoms with Gasteiger partial charge in [-0.15, -0.1) is 11.8 Å². The van der Waals surface area contributed by atoms with Crippen LogP contribution in [0.3, 0.4) is 0 Å². The van der Waals surface area contributed by atoms with E-state index in [0.29, 0.717) is 10.8 Å². The molecule has 10 heteroatoms. The fourth-order valence-electron chi connectivity index (χ4n) is 3.04. The predicted octanol–water partition coefficient (Wildman–Crippen LogP) is 4.22. The molecule has 3 rings (SSSR count). The smallest absolute Gasteiger partial charge is 0.484 e. The summed E-state index contributed by atoms with van der Waals surface area (Å²) in [5.74, 6) is -3.07. The van der Waals surface area contributed by atoms with Gasteiger partial charge in [-0.3, -0.25) is 4.79 Å². The molecule has 2 N–H and O–H groups in total. The highest BCUT2D eigenvalue weighted by atomic mass is 32.2. The number of hydrogen-bond donors (Lipinski definition) is 1. The van der Waals surface area contributed by atoms with Crippen LogP contribution in [-0.4, -0.2) is 41.6 Å². The number of thioether (sulfide) groups is 1. The van der Waals surface area contributed by atoms with Crippen LogP contribution in [0.5, 0.6) is 5.75 Å². The molecule has 1 aromatic rings. The molecule has 0 saturated carbocycles. The Morgan fingerprint density at radius 3 is 2.56 bits per heavy atom. The van der Waals surface area contributed by atoms with E-state index in [-0.39, 0.29) is 12.4 Å². The molecule has 0 bridgehead atoms. The van der Waals surface area contributed by atoms with Crippen molar-refractivity contribution in [3.8, 4) is 5.75 Å². The molecule has 1 saturated heterocycles. The number of primary amides is 1. The van der Waals surface area contributed by atoms with Crippen molar-refractivity contribution in [2.75, 3.05) is 12.4 Å². The summed E-state index contributed by atoms with van der Waals surface area (Å²) in [5, 5.41) is 0.604. The SMILES string of the molecule is C=C/C=C(\C=C1/CSC(COc2ccc(F)c(C(N)=O)c2F)=N1)B1OC(C)(C)C(C)(C)O1. The van der Waals surface area contributed by atoms with E-state index in [1.165, 1.54) is 11.8 Å². The highest BCUT2D eigenvalue weighted by Gasteiger charge is 2.52. The van der Waals surface area contributed by atoms with Crippen molar-refractivity contribution in [2.24, 2.45) is 10.7 Å². The third-order valence-electron chi connectivity index (χ3n) is 5.48. The molecular formula is C22H25BF2N2O4S. The van der Waals surface area contributed by atoms with E-state index in [9.17, 15) is 13.6 Å². The van der Waals surface area contributed by atoms with Gasteiger partial charge in [0, 0.05) is 5.75 Å². The first-order chi connectivity index (χ1) is 14.9. The fourth-order valence-corrected chi connectivity index (χ4v) is 3.83. The second-order valence-electron chi connectivity index (χ2n) is 8.31. The Balaban J connectivity index is 1.73. The molecule has 0 radical (unpaired) electrons. The molecule has 1 amide bonds. The molecule has 0 atom stereocenters. The fraction of sp³-hybridized carbons (Fsp3) is 0.364. The lowest BCUT2D eigenvalue weighted by Crippen LogP contribution is -2.41. The van der Waals surface area contributed by atoms with Gasteiger partial charge in [0.25, 0.3) is 5.91 Å². The summed E-state index contributed by atoms with van der Waals surface area (Å²) in [6.45, 7) is 11.6. The summed E-state index contributed by atoms with van der Waals surface area (Å²) in [7, 11) is -0.563. The molecule has 1 aromatic carbocycles. The molecule has 2 aliphatic rings. The molecule has 170 valence electrons. The molecule has 1 fully saturated rings. The van der Waals surface area contributed by atoms with Gasteiger partial charge in [-0.05, 0) is 51.4 Å². The Hall–Kier alpha value is -2.43. The normalized spacial score (nSPS) is 21.1. The van der Waals surface area contributed by atoms with E-state index in [1.807, 2.05) is 39.8 Å². The lowest BCUT2D eigenvalue weighted by atomic mass is 9.77. The lowest BCUT2D eigenvalue weighted by molar-refractivity contribution is 0.00578. The maximum atomic E-state index is 14.3. The third-order valence-corrected chi connectivity index (χ3v) is 6.46. The second-order valence-corrected chi connectivity index (χ2v) is 9.36. The van der Waals surface area contributed by atoms with Crippen LogP contribution in [0.4, 0.5) is 8.78 Å². The zero-order valence-electron chi connectivity index (χ0n) is 18.4. The van der Waals surface area contributed by atoms with Crippen molar-refractivity contribution in [3.63, 3.8) is 0 Å². The first-order valence-electron chi connectivity index (χ1n) is 9.95. The molecule has 0 aliphatic carbocycles. The quantitative estimate of drug-likeness (QED) is 0.485. The van der Waals surface area contributed by atoms with E-state index in [1.54, 1.807) is 6.08 Å². The van der Waals surface area contributed by atoms with Crippen LogP contribution in [0.25, 0.3) is 0 Å². The van der Waals surface area contributed by atoms with Crippen LogP contribution in [-0.2, 0) is 9.31 Å². The van der Waals surface area contributed by atoms with Gasteiger partial charge in [-0.2, -0.15) is 0 Å². The van der Waals surface area contributed by atoms with Crippen molar-refractivity contribution < 1.29 is 27.6 Å². The minimum atomic E-state index is -1.20. The number of halogens is 2. The first kappa shape index (κ1) is 24.2. The number of nitrogens with two attached hydrogens (primary N) is 1. The monoisotopic (exact) mass is 462 g/mol. The summed E-state index contributed by atoms with van der Waals surface area (Å²) in [4.78, 5) is 15.8. The van der Waals surface area contributed by atoms with Crippen LogP contribution in [0.1, 0.15) is 38.1 Å². The lowest BCUT2D eigenvalue weighted by Gasteiger charge is -2.32. The first-order valence-corrected chi connectivity index (χ1v) is 10.9. The highest BCUT2D eigenvalue weighted by Crippen LogP contribution is 2.39. The maximum Gasteiger partial charge on any atom is 0.494 e. The van der Waals surface area contributed by atoms with Gasteiger partial charge in [-0.25, -0.2) is 13.8 Å². The van der Waals surface area contributed by atoms with Gasteiger partial charge in [0.1, 0.15) is 23.0 Å². The van der Waals surface area contributed by atoms with Crippen molar-refractivity contribution in [3.05, 3.63) is 65.3 Å². The average Bonchev–Trinajstić information content (AvgIpc) is 3.21. The topological polar surface area (TPSA) is 83.1 Å². The van der Waals surface area contributed by atoms with Crippen molar-refractivity contribution >= 4 is 29.8 Å². The molecule has 0 unspecified atom stereocenters. The summed E-state index contributed by atoms with van der Waals surface area (Å²) in [6.07, 6.45) is 5.33. The van der Waals surface area contributed by atoms with Gasteiger partial charge in [0.05, 0.1) is 16.9 Å². The second kappa shape index (κ2) is 9.21. The predicted molar refractivity (Wildman–Crippen MR) is 123 cm³/mol. The molecule has 0 spiro atoms. The van der Waals surface area contributed by atoms with Gasteiger partial charge in [0.15, 0.2) is 11.6 Å². The zero-order valence-corrected chi connectivity index (χ0v) is 19.2. The van der Waals surface area contributed by atoms with Crippen LogP contribution in [0.2, 0.25) is 0 Å². The number of benzene rings is 1. The standard InChI is InChI=1S/C22H25BF2N2O4S/c1-6-7-13(23-30-21(2,3)22(4,5)31-23)10-14-12-32-17(27-14)11-29-16-9-8-15(24)18(19(16)25)20(26)28/h6-10H,1,11-12H2,2-5H3,(H2,26,28)/b13-7+,14-10+. The van der Waals surface area contributed by atoms with Crippen molar-refractivity contribution in [2.45, 2.75) is 38.9 Å². The third kappa shape index (κ3) is 4.97. The number of carbonyl (C=O) groups is 1. The van der Waals surface area contributed by atoms with Crippen LogP contribution in [0.15, 0.2) is 53.1 Å². The van der Waals surface area contributed by atoms with Gasteiger partial charge in [0.2, 0.25) is 0 Å². The Morgan fingerprint density at radius 2 is 1.97 bits per heavy atom. The number of carbonyl (C=O) groups excluding carboxylic acids is 1. The zero-order chi connectivity index (χ0) is 23.7. The molecule has 2 heterocycles. The van der Waals surface area contributed by atoms with E-state index >= 15 is 0 Å². The summed E-state index contributed by atoms with van der Waals surface area (Å²) >= 11 is 1.43. The maximum absolute atomic E-state index is 14.3. The van der Waals surface area contributed by atoms with E-state index in [0.717, 1.165) is 23.3 Å².